The van der Waals surface area contributed by atoms with Gasteiger partial charge in [0, 0.05) is 19.6 Å². The quantitative estimate of drug-likeness (QED) is 0.625. The summed E-state index contributed by atoms with van der Waals surface area (Å²) in [5, 5.41) is 6.72. The Morgan fingerprint density at radius 2 is 1.96 bits per heavy atom. The summed E-state index contributed by atoms with van der Waals surface area (Å²) in [6, 6.07) is 14.9. The van der Waals surface area contributed by atoms with Gasteiger partial charge in [-0.1, -0.05) is 31.2 Å². The molecule has 0 amide bonds. The number of nitrogens with one attached hydrogen (secondary N) is 2. The number of aliphatic imine (C=N–C) groups is 1. The van der Waals surface area contributed by atoms with Crippen LogP contribution < -0.4 is 15.4 Å². The van der Waals surface area contributed by atoms with Crippen LogP contribution in [-0.2, 0) is 13.2 Å². The highest BCUT2D eigenvalue weighted by Gasteiger charge is 2.33. The average molecular weight is 341 g/mol. The van der Waals surface area contributed by atoms with Gasteiger partial charge in [0.25, 0.3) is 0 Å². The Bertz CT molecular complexity index is 730. The molecule has 0 saturated heterocycles. The molecule has 0 spiro atoms. The van der Waals surface area contributed by atoms with Crippen LogP contribution in [0.1, 0.15) is 24.5 Å². The highest BCUT2D eigenvalue weighted by atomic mass is 19.1. The molecule has 0 heterocycles. The van der Waals surface area contributed by atoms with E-state index < -0.39 is 0 Å². The normalized spacial score (nSPS) is 19.4. The third-order valence-electron chi connectivity index (χ3n) is 4.33. The van der Waals surface area contributed by atoms with Crippen molar-refractivity contribution < 1.29 is 9.13 Å². The molecule has 2 aromatic carbocycles. The lowest BCUT2D eigenvalue weighted by Crippen LogP contribution is -2.38. The van der Waals surface area contributed by atoms with E-state index in [4.69, 9.17) is 4.74 Å². The van der Waals surface area contributed by atoms with Crippen molar-refractivity contribution in [2.24, 2.45) is 10.9 Å². The van der Waals surface area contributed by atoms with Crippen molar-refractivity contribution in [1.29, 1.82) is 0 Å². The van der Waals surface area contributed by atoms with Gasteiger partial charge in [0.1, 0.15) is 18.2 Å². The van der Waals surface area contributed by atoms with Gasteiger partial charge in [-0.05, 0) is 47.7 Å². The van der Waals surface area contributed by atoms with E-state index in [0.29, 0.717) is 19.2 Å². The maximum absolute atomic E-state index is 13.2. The summed E-state index contributed by atoms with van der Waals surface area (Å²) in [4.78, 5) is 4.24. The van der Waals surface area contributed by atoms with Crippen LogP contribution in [0.25, 0.3) is 0 Å². The third-order valence-corrected chi connectivity index (χ3v) is 4.33. The van der Waals surface area contributed by atoms with E-state index in [0.717, 1.165) is 28.8 Å². The molecule has 0 aromatic heterocycles. The van der Waals surface area contributed by atoms with Crippen LogP contribution in [0.15, 0.2) is 53.5 Å². The fourth-order valence-electron chi connectivity index (χ4n) is 2.58. The summed E-state index contributed by atoms with van der Waals surface area (Å²) in [5.41, 5.74) is 1.96. The Hall–Kier alpha value is -2.56. The van der Waals surface area contributed by atoms with Crippen LogP contribution in [0, 0.1) is 11.7 Å². The molecule has 1 fully saturated rings. The number of rotatable bonds is 6. The predicted molar refractivity (Wildman–Crippen MR) is 98.1 cm³/mol. The molecule has 2 aromatic rings. The minimum absolute atomic E-state index is 0.245. The Morgan fingerprint density at radius 3 is 2.60 bits per heavy atom. The molecule has 2 atom stereocenters. The molecule has 0 bridgehead atoms. The monoisotopic (exact) mass is 341 g/mol. The third kappa shape index (κ3) is 5.21. The summed E-state index contributed by atoms with van der Waals surface area (Å²) in [5.74, 6) is 2.08. The molecule has 1 saturated carbocycles. The first-order chi connectivity index (χ1) is 12.1. The molecule has 1 aliphatic carbocycles. The molecule has 5 heteroatoms. The highest BCUT2D eigenvalue weighted by molar-refractivity contribution is 5.80. The van der Waals surface area contributed by atoms with Gasteiger partial charge in [-0.2, -0.15) is 0 Å². The molecular formula is C20H24FN3O. The summed E-state index contributed by atoms with van der Waals surface area (Å²) < 4.78 is 18.9. The molecule has 25 heavy (non-hydrogen) atoms. The predicted octanol–water partition coefficient (Wildman–Crippen LogP) is 3.48. The smallest absolute Gasteiger partial charge is 0.191 e. The number of halogens is 1. The number of benzene rings is 2. The van der Waals surface area contributed by atoms with Gasteiger partial charge in [-0.25, -0.2) is 4.39 Å². The molecule has 2 unspecified atom stereocenters. The van der Waals surface area contributed by atoms with Gasteiger partial charge in [-0.3, -0.25) is 4.99 Å². The van der Waals surface area contributed by atoms with Gasteiger partial charge in [0.2, 0.25) is 0 Å². The molecule has 132 valence electrons. The van der Waals surface area contributed by atoms with Crippen LogP contribution in [0.2, 0.25) is 0 Å². The van der Waals surface area contributed by atoms with Crippen molar-refractivity contribution >= 4 is 5.96 Å². The lowest BCUT2D eigenvalue weighted by atomic mass is 10.2. The number of guanidine groups is 1. The maximum atomic E-state index is 13.2. The number of ether oxygens (including phenoxy) is 1. The zero-order chi connectivity index (χ0) is 17.6. The second-order valence-electron chi connectivity index (χ2n) is 6.45. The Labute approximate surface area is 148 Å². The topological polar surface area (TPSA) is 45.7 Å². The Balaban J connectivity index is 1.46. The van der Waals surface area contributed by atoms with E-state index >= 15 is 0 Å². The maximum Gasteiger partial charge on any atom is 0.191 e. The van der Waals surface area contributed by atoms with Crippen molar-refractivity contribution in [3.63, 3.8) is 0 Å². The highest BCUT2D eigenvalue weighted by Crippen LogP contribution is 2.28. The van der Waals surface area contributed by atoms with E-state index in [1.54, 1.807) is 13.1 Å². The van der Waals surface area contributed by atoms with Gasteiger partial charge in [0.15, 0.2) is 5.96 Å². The summed E-state index contributed by atoms with van der Waals surface area (Å²) in [6.45, 7) is 3.28. The minimum atomic E-state index is -0.245. The van der Waals surface area contributed by atoms with E-state index in [-0.39, 0.29) is 5.82 Å². The Kier molecular flexibility index (Phi) is 5.53. The van der Waals surface area contributed by atoms with Gasteiger partial charge < -0.3 is 15.4 Å². The first-order valence-corrected chi connectivity index (χ1v) is 8.57. The van der Waals surface area contributed by atoms with E-state index in [1.165, 1.54) is 18.6 Å². The summed E-state index contributed by atoms with van der Waals surface area (Å²) in [7, 11) is 1.78. The SMILES string of the molecule is CN=C(NCc1ccc(OCc2cccc(F)c2)cc1)NC1CC1C. The van der Waals surface area contributed by atoms with Crippen molar-refractivity contribution in [3.05, 3.63) is 65.5 Å². The number of nitrogens with zero attached hydrogens (tertiary/aromatic N) is 1. The van der Waals surface area contributed by atoms with Crippen molar-refractivity contribution in [1.82, 2.24) is 10.6 Å². The van der Waals surface area contributed by atoms with E-state index in [9.17, 15) is 4.39 Å². The minimum Gasteiger partial charge on any atom is -0.489 e. The van der Waals surface area contributed by atoms with Gasteiger partial charge in [0.05, 0.1) is 0 Å². The fourth-order valence-corrected chi connectivity index (χ4v) is 2.58. The molecule has 1 aliphatic rings. The van der Waals surface area contributed by atoms with Crippen molar-refractivity contribution in [2.45, 2.75) is 32.5 Å². The second kappa shape index (κ2) is 8.01. The van der Waals surface area contributed by atoms with Crippen molar-refractivity contribution in [2.75, 3.05) is 7.05 Å². The van der Waals surface area contributed by atoms with Crippen LogP contribution in [0.4, 0.5) is 4.39 Å². The zero-order valence-corrected chi connectivity index (χ0v) is 14.6. The number of hydrogen-bond donors (Lipinski definition) is 2. The number of hydrogen-bond acceptors (Lipinski definition) is 2. The lowest BCUT2D eigenvalue weighted by molar-refractivity contribution is 0.305. The van der Waals surface area contributed by atoms with Crippen LogP contribution in [0.5, 0.6) is 5.75 Å². The zero-order valence-electron chi connectivity index (χ0n) is 14.6. The molecule has 0 aliphatic heterocycles. The lowest BCUT2D eigenvalue weighted by Gasteiger charge is -2.12. The van der Waals surface area contributed by atoms with Crippen LogP contribution in [-0.4, -0.2) is 19.0 Å². The summed E-state index contributed by atoms with van der Waals surface area (Å²) in [6.07, 6.45) is 1.21. The molecule has 3 rings (SSSR count). The van der Waals surface area contributed by atoms with Crippen LogP contribution in [0.3, 0.4) is 0 Å². The molecular weight excluding hydrogens is 317 g/mol. The fraction of sp³-hybridized carbons (Fsp3) is 0.350. The standard InChI is InChI=1S/C20H24FN3O/c1-14-10-19(14)24-20(22-2)23-12-15-6-8-18(9-7-15)25-13-16-4-3-5-17(21)11-16/h3-9,11,14,19H,10,12-13H2,1-2H3,(H2,22,23,24). The molecule has 4 nitrogen and oxygen atoms in total. The Morgan fingerprint density at radius 1 is 1.20 bits per heavy atom. The summed E-state index contributed by atoms with van der Waals surface area (Å²) >= 11 is 0. The van der Waals surface area contributed by atoms with Crippen LogP contribution >= 0.6 is 0 Å². The largest absolute Gasteiger partial charge is 0.489 e. The first-order valence-electron chi connectivity index (χ1n) is 8.57. The second-order valence-corrected chi connectivity index (χ2v) is 6.45. The molecule has 0 radical (unpaired) electrons. The van der Waals surface area contributed by atoms with E-state index in [1.807, 2.05) is 30.3 Å². The van der Waals surface area contributed by atoms with Gasteiger partial charge in [-0.15, -0.1) is 0 Å². The molecule has 2 N–H and O–H groups in total. The average Bonchev–Trinajstić information content (AvgIpc) is 3.32. The van der Waals surface area contributed by atoms with Gasteiger partial charge >= 0.3 is 0 Å². The first kappa shape index (κ1) is 17.3. The van der Waals surface area contributed by atoms with E-state index in [2.05, 4.69) is 22.5 Å². The van der Waals surface area contributed by atoms with Crippen molar-refractivity contribution in [3.8, 4) is 5.75 Å².